The second kappa shape index (κ2) is 4.97. The van der Waals surface area contributed by atoms with Crippen LogP contribution in [0.3, 0.4) is 0 Å². The molecule has 0 amide bonds. The Bertz CT molecular complexity index is 926. The molecule has 130 valence electrons. The molecule has 0 atom stereocenters. The van der Waals surface area contributed by atoms with Crippen molar-refractivity contribution in [2.24, 2.45) is 0 Å². The van der Waals surface area contributed by atoms with Gasteiger partial charge < -0.3 is 0 Å². The van der Waals surface area contributed by atoms with E-state index in [9.17, 15) is 39.5 Å². The summed E-state index contributed by atoms with van der Waals surface area (Å²) in [5.41, 5.74) is -1.94. The molecule has 3 aromatic rings. The van der Waals surface area contributed by atoms with Crippen molar-refractivity contribution >= 4 is 43.0 Å². The van der Waals surface area contributed by atoms with Crippen molar-refractivity contribution in [1.29, 1.82) is 0 Å². The predicted octanol–water partition coefficient (Wildman–Crippen LogP) is 6.57. The van der Waals surface area contributed by atoms with Crippen LogP contribution in [-0.2, 0) is 18.5 Å². The number of benzene rings is 1. The largest absolute Gasteiger partial charge is 0.443 e. The van der Waals surface area contributed by atoms with Crippen LogP contribution >= 0.6 is 22.7 Å². The van der Waals surface area contributed by atoms with E-state index < -0.39 is 54.3 Å². The predicted molar refractivity (Wildman–Crippen MR) is 70.0 cm³/mol. The van der Waals surface area contributed by atoms with Gasteiger partial charge in [0, 0.05) is 10.1 Å². The van der Waals surface area contributed by atoms with E-state index in [4.69, 9.17) is 0 Å². The normalized spacial score (nSPS) is 14.0. The lowest BCUT2D eigenvalue weighted by molar-refractivity contribution is -0.137. The Balaban J connectivity index is 2.43. The number of rotatable bonds is 0. The summed E-state index contributed by atoms with van der Waals surface area (Å²) in [5, 5.41) is -2.01. The van der Waals surface area contributed by atoms with Crippen LogP contribution in [0.25, 0.3) is 20.3 Å². The van der Waals surface area contributed by atoms with Gasteiger partial charge in [-0.2, -0.15) is 39.5 Å². The molecule has 24 heavy (non-hydrogen) atoms. The van der Waals surface area contributed by atoms with Gasteiger partial charge in [0.15, 0.2) is 5.01 Å². The molecule has 1 nitrogen and oxygen atoms in total. The zero-order chi connectivity index (χ0) is 18.1. The highest BCUT2D eigenvalue weighted by atomic mass is 32.1. The molecule has 0 saturated heterocycles. The molecule has 0 spiro atoms. The fraction of sp³-hybridized carbons (Fsp3) is 0.250. The van der Waals surface area contributed by atoms with Crippen molar-refractivity contribution in [3.63, 3.8) is 0 Å². The van der Waals surface area contributed by atoms with E-state index in [1.54, 1.807) is 0 Å². The number of alkyl halides is 9. The van der Waals surface area contributed by atoms with Gasteiger partial charge in [-0.25, -0.2) is 4.98 Å². The third-order valence-electron chi connectivity index (χ3n) is 2.99. The number of nitrogens with zero attached hydrogens (tertiary/aromatic N) is 1. The molecule has 0 unspecified atom stereocenters. The number of hydrogen-bond acceptors (Lipinski definition) is 3. The fourth-order valence-electron chi connectivity index (χ4n) is 2.06. The first kappa shape index (κ1) is 17.3. The molecule has 0 aliphatic carbocycles. The van der Waals surface area contributed by atoms with Crippen molar-refractivity contribution < 1.29 is 39.5 Å². The standard InChI is InChI=1S/C12H2F9NS2/c13-10(14,15)4-2-5-7(22-9(23-5)12(19,20)21)3-1-6(11(16,17)18)24-8(3)4/h1-2H. The lowest BCUT2D eigenvalue weighted by Gasteiger charge is -2.07. The zero-order valence-corrected chi connectivity index (χ0v) is 12.5. The number of fused-ring (bicyclic) bond motifs is 3. The summed E-state index contributed by atoms with van der Waals surface area (Å²) < 4.78 is 114. The highest BCUT2D eigenvalue weighted by molar-refractivity contribution is 7.21. The molecular formula is C12H2F9NS2. The number of hydrogen-bond donors (Lipinski definition) is 0. The zero-order valence-electron chi connectivity index (χ0n) is 10.8. The lowest BCUT2D eigenvalue weighted by Crippen LogP contribution is -2.04. The van der Waals surface area contributed by atoms with Crippen LogP contribution in [0.4, 0.5) is 39.5 Å². The molecule has 1 aromatic carbocycles. The van der Waals surface area contributed by atoms with Crippen LogP contribution in [-0.4, -0.2) is 4.98 Å². The number of thiazole rings is 1. The molecule has 12 heteroatoms. The smallest absolute Gasteiger partial charge is 0.231 e. The minimum absolute atomic E-state index is 0.0466. The van der Waals surface area contributed by atoms with Gasteiger partial charge in [-0.3, -0.25) is 0 Å². The van der Waals surface area contributed by atoms with Crippen molar-refractivity contribution in [2.75, 3.05) is 0 Å². The minimum Gasteiger partial charge on any atom is -0.231 e. The van der Waals surface area contributed by atoms with Crippen LogP contribution in [0.5, 0.6) is 0 Å². The van der Waals surface area contributed by atoms with Gasteiger partial charge in [0.2, 0.25) is 0 Å². The highest BCUT2D eigenvalue weighted by Crippen LogP contribution is 2.47. The maximum Gasteiger partial charge on any atom is 0.443 e. The average molecular weight is 395 g/mol. The van der Waals surface area contributed by atoms with Crippen molar-refractivity contribution in [3.05, 3.63) is 27.6 Å². The second-order valence-electron chi connectivity index (χ2n) is 4.64. The first-order chi connectivity index (χ1) is 10.8. The molecule has 3 rings (SSSR count). The SMILES string of the molecule is FC(F)(F)c1cc2c(s1)c(C(F)(F)F)cc1sc(C(F)(F)F)nc12. The van der Waals surface area contributed by atoms with Crippen LogP contribution in [0, 0.1) is 0 Å². The summed E-state index contributed by atoms with van der Waals surface area (Å²) in [5.74, 6) is 0. The first-order valence-corrected chi connectivity index (χ1v) is 7.50. The summed E-state index contributed by atoms with van der Waals surface area (Å²) in [7, 11) is 0. The first-order valence-electron chi connectivity index (χ1n) is 5.87. The van der Waals surface area contributed by atoms with Crippen LogP contribution in [0.1, 0.15) is 15.4 Å². The van der Waals surface area contributed by atoms with E-state index >= 15 is 0 Å². The summed E-state index contributed by atoms with van der Waals surface area (Å²) in [6, 6.07) is 0.804. The molecular weight excluding hydrogens is 393 g/mol. The van der Waals surface area contributed by atoms with E-state index in [2.05, 4.69) is 4.98 Å². The van der Waals surface area contributed by atoms with Crippen molar-refractivity contribution in [2.45, 2.75) is 18.5 Å². The summed E-state index contributed by atoms with van der Waals surface area (Å²) in [4.78, 5) is 1.86. The molecule has 0 aliphatic rings. The third-order valence-corrected chi connectivity index (χ3v) is 5.25. The van der Waals surface area contributed by atoms with Crippen molar-refractivity contribution in [1.82, 2.24) is 4.98 Å². The van der Waals surface area contributed by atoms with Gasteiger partial charge in [-0.1, -0.05) is 0 Å². The van der Waals surface area contributed by atoms with Gasteiger partial charge >= 0.3 is 18.5 Å². The maximum atomic E-state index is 13.1. The maximum absolute atomic E-state index is 13.1. The average Bonchev–Trinajstić information content (AvgIpc) is 2.98. The molecule has 0 saturated carbocycles. The van der Waals surface area contributed by atoms with Crippen LogP contribution in [0.15, 0.2) is 12.1 Å². The number of halogens is 9. The van der Waals surface area contributed by atoms with Gasteiger partial charge in [-0.15, -0.1) is 22.7 Å². The number of thiophene rings is 1. The third kappa shape index (κ3) is 2.81. The van der Waals surface area contributed by atoms with Crippen LogP contribution < -0.4 is 0 Å². The van der Waals surface area contributed by atoms with Crippen molar-refractivity contribution in [3.8, 4) is 0 Å². The van der Waals surface area contributed by atoms with Gasteiger partial charge in [-0.05, 0) is 12.1 Å². The quantitative estimate of drug-likeness (QED) is 0.393. The van der Waals surface area contributed by atoms with Gasteiger partial charge in [0.1, 0.15) is 4.88 Å². The highest BCUT2D eigenvalue weighted by Gasteiger charge is 2.40. The van der Waals surface area contributed by atoms with E-state index in [1.165, 1.54) is 0 Å². The Morgan fingerprint density at radius 3 is 1.88 bits per heavy atom. The van der Waals surface area contributed by atoms with Gasteiger partial charge in [0.25, 0.3) is 0 Å². The molecule has 0 radical (unpaired) electrons. The molecule has 0 aliphatic heterocycles. The monoisotopic (exact) mass is 395 g/mol. The second-order valence-corrected chi connectivity index (χ2v) is 6.72. The summed E-state index contributed by atoms with van der Waals surface area (Å²) in [6.07, 6.45) is -14.8. The Kier molecular flexibility index (Phi) is 3.58. The van der Waals surface area contributed by atoms with E-state index in [0.717, 1.165) is 0 Å². The molecule has 0 bridgehead atoms. The van der Waals surface area contributed by atoms with Gasteiger partial charge in [0.05, 0.1) is 15.8 Å². The fourth-order valence-corrected chi connectivity index (χ4v) is 4.01. The Labute approximate surface area is 134 Å². The Morgan fingerprint density at radius 2 is 1.38 bits per heavy atom. The summed E-state index contributed by atoms with van der Waals surface area (Å²) >= 11 is -0.219. The molecule has 2 heterocycles. The Morgan fingerprint density at radius 1 is 0.750 bits per heavy atom. The topological polar surface area (TPSA) is 12.9 Å². The van der Waals surface area contributed by atoms with E-state index in [-0.39, 0.29) is 22.7 Å². The number of aromatic nitrogens is 1. The lowest BCUT2D eigenvalue weighted by atomic mass is 10.1. The van der Waals surface area contributed by atoms with Crippen LogP contribution in [0.2, 0.25) is 0 Å². The van der Waals surface area contributed by atoms with E-state index in [0.29, 0.717) is 12.1 Å². The minimum atomic E-state index is -5.01. The molecule has 2 aromatic heterocycles. The van der Waals surface area contributed by atoms with E-state index in [1.807, 2.05) is 0 Å². The summed E-state index contributed by atoms with van der Waals surface area (Å²) in [6.45, 7) is 0. The Hall–Kier alpha value is -1.56. The molecule has 0 fully saturated rings. The molecule has 0 N–H and O–H groups in total.